The molecule has 0 aliphatic carbocycles. The average Bonchev–Trinajstić information content (AvgIpc) is 3.21. The van der Waals surface area contributed by atoms with Gasteiger partial charge in [-0.15, -0.1) is 0 Å². The number of benzene rings is 1. The normalized spacial score (nSPS) is 21.9. The summed E-state index contributed by atoms with van der Waals surface area (Å²) >= 11 is 0. The van der Waals surface area contributed by atoms with Gasteiger partial charge in [0.25, 0.3) is 5.91 Å². The Bertz CT molecular complexity index is 940. The summed E-state index contributed by atoms with van der Waals surface area (Å²) in [6, 6.07) is 6.17. The van der Waals surface area contributed by atoms with Gasteiger partial charge in [0.2, 0.25) is 0 Å². The maximum Gasteiger partial charge on any atom is 0.416 e. The number of rotatable bonds is 6. The van der Waals surface area contributed by atoms with Crippen LogP contribution < -0.4 is 5.32 Å². The van der Waals surface area contributed by atoms with Crippen LogP contribution >= 0.6 is 0 Å². The third-order valence-corrected chi connectivity index (χ3v) is 6.76. The monoisotopic (exact) mass is 448 g/mol. The van der Waals surface area contributed by atoms with E-state index in [0.29, 0.717) is 43.2 Å². The standard InChI is InChI=1S/C24H31F3N4O/c1-17-6-2-3-12-30(17)13-5-11-28-23(32)21-16-31-15-19(9-10-22(31)29-21)18-7-4-8-20(14-18)24(25,26)27/h4,7-8,14,16-17,19H,2-3,5-6,9-13,15H2,1H3,(H,28,32)/t17-,19+/m1/s1. The van der Waals surface area contributed by atoms with Gasteiger partial charge in [0.1, 0.15) is 11.5 Å². The van der Waals surface area contributed by atoms with E-state index in [0.717, 1.165) is 31.4 Å². The van der Waals surface area contributed by atoms with E-state index < -0.39 is 11.7 Å². The lowest BCUT2D eigenvalue weighted by molar-refractivity contribution is -0.137. The quantitative estimate of drug-likeness (QED) is 0.656. The number of hydrogen-bond donors (Lipinski definition) is 1. The zero-order chi connectivity index (χ0) is 22.7. The number of aromatic nitrogens is 2. The number of halogens is 3. The van der Waals surface area contributed by atoms with E-state index in [4.69, 9.17) is 0 Å². The zero-order valence-electron chi connectivity index (χ0n) is 18.5. The first-order valence-electron chi connectivity index (χ1n) is 11.6. The molecule has 1 amide bonds. The van der Waals surface area contributed by atoms with Gasteiger partial charge < -0.3 is 14.8 Å². The van der Waals surface area contributed by atoms with Gasteiger partial charge in [-0.05, 0) is 50.8 Å². The number of nitrogens with zero attached hydrogens (tertiary/aromatic N) is 3. The van der Waals surface area contributed by atoms with Crippen molar-refractivity contribution >= 4 is 5.91 Å². The Morgan fingerprint density at radius 1 is 1.25 bits per heavy atom. The van der Waals surface area contributed by atoms with Crippen LogP contribution in [0.25, 0.3) is 0 Å². The number of hydrogen-bond acceptors (Lipinski definition) is 3. The molecule has 0 radical (unpaired) electrons. The number of carbonyl (C=O) groups excluding carboxylic acids is 1. The number of piperidine rings is 1. The molecule has 1 fully saturated rings. The van der Waals surface area contributed by atoms with Gasteiger partial charge in [-0.2, -0.15) is 13.2 Å². The van der Waals surface area contributed by atoms with Gasteiger partial charge in [-0.3, -0.25) is 4.79 Å². The minimum atomic E-state index is -4.35. The fourth-order valence-electron chi connectivity index (χ4n) is 4.86. The van der Waals surface area contributed by atoms with Gasteiger partial charge in [-0.25, -0.2) is 4.98 Å². The predicted molar refractivity (Wildman–Crippen MR) is 117 cm³/mol. The number of imidazole rings is 1. The Balaban J connectivity index is 1.31. The fourth-order valence-corrected chi connectivity index (χ4v) is 4.86. The molecule has 174 valence electrons. The molecule has 1 N–H and O–H groups in total. The van der Waals surface area contributed by atoms with E-state index >= 15 is 0 Å². The molecule has 5 nitrogen and oxygen atoms in total. The smallest absolute Gasteiger partial charge is 0.351 e. The molecule has 2 aromatic rings. The number of likely N-dealkylation sites (tertiary alicyclic amines) is 1. The molecule has 1 saturated heterocycles. The van der Waals surface area contributed by atoms with Crippen LogP contribution in [-0.4, -0.2) is 46.0 Å². The largest absolute Gasteiger partial charge is 0.416 e. The Morgan fingerprint density at radius 2 is 2.09 bits per heavy atom. The van der Waals surface area contributed by atoms with Gasteiger partial charge in [-0.1, -0.05) is 24.6 Å². The molecule has 0 saturated carbocycles. The molecule has 0 bridgehead atoms. The molecule has 2 atom stereocenters. The zero-order valence-corrected chi connectivity index (χ0v) is 18.5. The Hall–Kier alpha value is -2.35. The molecule has 0 spiro atoms. The van der Waals surface area contributed by atoms with E-state index in [9.17, 15) is 18.0 Å². The molecular weight excluding hydrogens is 417 g/mol. The Labute approximate surface area is 187 Å². The van der Waals surface area contributed by atoms with E-state index in [1.54, 1.807) is 12.3 Å². The molecule has 2 aliphatic heterocycles. The van der Waals surface area contributed by atoms with Crippen LogP contribution in [0.2, 0.25) is 0 Å². The van der Waals surface area contributed by atoms with Crippen molar-refractivity contribution < 1.29 is 18.0 Å². The second kappa shape index (κ2) is 9.65. The van der Waals surface area contributed by atoms with E-state index in [1.807, 2.05) is 4.57 Å². The Kier molecular flexibility index (Phi) is 6.88. The first-order valence-corrected chi connectivity index (χ1v) is 11.6. The number of alkyl halides is 3. The minimum Gasteiger partial charge on any atom is -0.351 e. The summed E-state index contributed by atoms with van der Waals surface area (Å²) in [5.74, 6) is 0.608. The Morgan fingerprint density at radius 3 is 2.88 bits per heavy atom. The van der Waals surface area contributed by atoms with Crippen molar-refractivity contribution in [2.24, 2.45) is 0 Å². The number of amides is 1. The molecule has 8 heteroatoms. The average molecular weight is 449 g/mol. The molecule has 1 aromatic heterocycles. The number of aryl methyl sites for hydroxylation is 1. The summed E-state index contributed by atoms with van der Waals surface area (Å²) in [7, 11) is 0. The number of carbonyl (C=O) groups is 1. The highest BCUT2D eigenvalue weighted by Crippen LogP contribution is 2.34. The van der Waals surface area contributed by atoms with E-state index in [1.165, 1.54) is 31.4 Å². The van der Waals surface area contributed by atoms with Crippen LogP contribution in [-0.2, 0) is 19.1 Å². The summed E-state index contributed by atoms with van der Waals surface area (Å²) in [4.78, 5) is 19.5. The van der Waals surface area contributed by atoms with Crippen LogP contribution in [0.5, 0.6) is 0 Å². The highest BCUT2D eigenvalue weighted by atomic mass is 19.4. The van der Waals surface area contributed by atoms with Crippen molar-refractivity contribution in [2.45, 2.75) is 70.1 Å². The SMILES string of the molecule is C[C@@H]1CCCCN1CCCNC(=O)c1cn2c(n1)CC[C@H](c1cccc(C(F)(F)F)c1)C2. The fraction of sp³-hybridized carbons (Fsp3) is 0.583. The second-order valence-electron chi connectivity index (χ2n) is 9.04. The molecule has 32 heavy (non-hydrogen) atoms. The van der Waals surface area contributed by atoms with Gasteiger partial charge in [0.15, 0.2) is 0 Å². The third kappa shape index (κ3) is 5.34. The molecule has 0 unspecified atom stereocenters. The minimum absolute atomic E-state index is 0.0264. The molecule has 1 aromatic carbocycles. The highest BCUT2D eigenvalue weighted by molar-refractivity contribution is 5.92. The van der Waals surface area contributed by atoms with Crippen molar-refractivity contribution in [3.05, 3.63) is 53.1 Å². The van der Waals surface area contributed by atoms with Crippen LogP contribution in [0, 0.1) is 0 Å². The van der Waals surface area contributed by atoms with Crippen molar-refractivity contribution in [1.82, 2.24) is 19.8 Å². The third-order valence-electron chi connectivity index (χ3n) is 6.76. The van der Waals surface area contributed by atoms with Gasteiger partial charge in [0, 0.05) is 44.2 Å². The highest BCUT2D eigenvalue weighted by Gasteiger charge is 2.31. The summed E-state index contributed by atoms with van der Waals surface area (Å²) in [5.41, 5.74) is 0.443. The summed E-state index contributed by atoms with van der Waals surface area (Å²) in [5, 5.41) is 2.96. The summed E-state index contributed by atoms with van der Waals surface area (Å²) < 4.78 is 41.1. The van der Waals surface area contributed by atoms with Crippen molar-refractivity contribution in [3.8, 4) is 0 Å². The van der Waals surface area contributed by atoms with Crippen LogP contribution in [0.15, 0.2) is 30.5 Å². The second-order valence-corrected chi connectivity index (χ2v) is 9.04. The van der Waals surface area contributed by atoms with Crippen LogP contribution in [0.3, 0.4) is 0 Å². The molecule has 3 heterocycles. The maximum atomic E-state index is 13.1. The molecular formula is C24H31F3N4O. The van der Waals surface area contributed by atoms with Crippen molar-refractivity contribution in [3.63, 3.8) is 0 Å². The van der Waals surface area contributed by atoms with Crippen molar-refractivity contribution in [2.75, 3.05) is 19.6 Å². The predicted octanol–water partition coefficient (Wildman–Crippen LogP) is 4.63. The summed E-state index contributed by atoms with van der Waals surface area (Å²) in [6.07, 6.45) is 3.44. The van der Waals surface area contributed by atoms with E-state index in [-0.39, 0.29) is 11.8 Å². The first-order chi connectivity index (χ1) is 15.3. The molecule has 2 aliphatic rings. The van der Waals surface area contributed by atoms with Crippen LogP contribution in [0.1, 0.15) is 72.4 Å². The number of nitrogens with one attached hydrogen (secondary N) is 1. The maximum absolute atomic E-state index is 13.1. The lowest BCUT2D eigenvalue weighted by atomic mass is 9.90. The summed E-state index contributed by atoms with van der Waals surface area (Å²) in [6.45, 7) is 5.52. The lowest BCUT2D eigenvalue weighted by Gasteiger charge is -2.33. The molecule has 4 rings (SSSR count). The topological polar surface area (TPSA) is 50.2 Å². The van der Waals surface area contributed by atoms with Crippen LogP contribution in [0.4, 0.5) is 13.2 Å². The van der Waals surface area contributed by atoms with Crippen molar-refractivity contribution in [1.29, 1.82) is 0 Å². The lowest BCUT2D eigenvalue weighted by Crippen LogP contribution is -2.39. The van der Waals surface area contributed by atoms with Gasteiger partial charge >= 0.3 is 6.18 Å². The number of fused-ring (bicyclic) bond motifs is 1. The van der Waals surface area contributed by atoms with Gasteiger partial charge in [0.05, 0.1) is 5.56 Å². The van der Waals surface area contributed by atoms with E-state index in [2.05, 4.69) is 22.1 Å². The first kappa shape index (κ1) is 22.8.